The number of hydrogen-bond acceptors (Lipinski definition) is 6. The third kappa shape index (κ3) is 3.51. The molecule has 2 N–H and O–H groups in total. The zero-order valence-electron chi connectivity index (χ0n) is 18.0. The Morgan fingerprint density at radius 1 is 1.16 bits per heavy atom. The molecule has 1 amide bonds. The number of piperidine rings is 2. The summed E-state index contributed by atoms with van der Waals surface area (Å²) in [7, 11) is 1.75. The van der Waals surface area contributed by atoms with Crippen LogP contribution in [-0.4, -0.2) is 61.3 Å². The molecule has 1 atom stereocenters. The highest BCUT2D eigenvalue weighted by Crippen LogP contribution is 2.50. The second-order valence-corrected chi connectivity index (χ2v) is 8.84. The molecule has 0 saturated carbocycles. The monoisotopic (exact) mass is 422 g/mol. The molecule has 31 heavy (non-hydrogen) atoms. The van der Waals surface area contributed by atoms with Crippen molar-refractivity contribution >= 4 is 17.4 Å². The van der Waals surface area contributed by atoms with E-state index in [-0.39, 0.29) is 17.4 Å². The van der Waals surface area contributed by atoms with Gasteiger partial charge in [-0.2, -0.15) is 0 Å². The number of para-hydroxylation sites is 1. The predicted molar refractivity (Wildman–Crippen MR) is 119 cm³/mol. The van der Waals surface area contributed by atoms with Crippen LogP contribution in [0.5, 0.6) is 5.75 Å². The normalized spacial score (nSPS) is 22.9. The lowest BCUT2D eigenvalue weighted by molar-refractivity contribution is -0.143. The summed E-state index contributed by atoms with van der Waals surface area (Å²) >= 11 is 0. The lowest BCUT2D eigenvalue weighted by atomic mass is 9.69. The molecule has 0 aliphatic carbocycles. The van der Waals surface area contributed by atoms with Crippen molar-refractivity contribution < 1.29 is 14.3 Å². The SMILES string of the molecule is COC1CCN(C(=O)C2Oc3ccccc3C23CCN(c2cc(N)ccn2)CC3)CC1. The van der Waals surface area contributed by atoms with E-state index in [1.165, 1.54) is 5.56 Å². The third-order valence-electron chi connectivity index (χ3n) is 7.23. The second kappa shape index (κ2) is 8.04. The van der Waals surface area contributed by atoms with E-state index < -0.39 is 6.10 Å². The summed E-state index contributed by atoms with van der Waals surface area (Å²) in [4.78, 5) is 22.4. The van der Waals surface area contributed by atoms with Crippen molar-refractivity contribution in [2.45, 2.75) is 43.3 Å². The Labute approximate surface area is 183 Å². The minimum Gasteiger partial charge on any atom is -0.479 e. The molecule has 0 radical (unpaired) electrons. The summed E-state index contributed by atoms with van der Waals surface area (Å²) in [5, 5.41) is 0. The van der Waals surface area contributed by atoms with E-state index >= 15 is 0 Å². The number of anilines is 2. The molecule has 0 bridgehead atoms. The molecule has 3 aliphatic rings. The first kappa shape index (κ1) is 20.1. The molecule has 1 aromatic heterocycles. The second-order valence-electron chi connectivity index (χ2n) is 8.84. The molecule has 1 unspecified atom stereocenters. The first-order valence-electron chi connectivity index (χ1n) is 11.1. The zero-order chi connectivity index (χ0) is 21.4. The number of rotatable bonds is 3. The van der Waals surface area contributed by atoms with Crippen molar-refractivity contribution in [3.8, 4) is 5.75 Å². The lowest BCUT2D eigenvalue weighted by Gasteiger charge is -2.43. The summed E-state index contributed by atoms with van der Waals surface area (Å²) in [5.74, 6) is 1.86. The maximum Gasteiger partial charge on any atom is 0.264 e. The highest BCUT2D eigenvalue weighted by atomic mass is 16.5. The number of ether oxygens (including phenoxy) is 2. The minimum atomic E-state index is -0.472. The van der Waals surface area contributed by atoms with Crippen LogP contribution in [0, 0.1) is 0 Å². The molecule has 7 heteroatoms. The molecular formula is C24H30N4O3. The van der Waals surface area contributed by atoms with Gasteiger partial charge in [0.05, 0.1) is 6.10 Å². The van der Waals surface area contributed by atoms with E-state index in [4.69, 9.17) is 15.2 Å². The first-order valence-corrected chi connectivity index (χ1v) is 11.1. The molecule has 5 rings (SSSR count). The van der Waals surface area contributed by atoms with Gasteiger partial charge in [-0.1, -0.05) is 18.2 Å². The summed E-state index contributed by atoms with van der Waals surface area (Å²) < 4.78 is 11.8. The summed E-state index contributed by atoms with van der Waals surface area (Å²) in [6.07, 6.45) is 4.96. The Kier molecular flexibility index (Phi) is 5.22. The van der Waals surface area contributed by atoms with Gasteiger partial charge in [0.15, 0.2) is 6.10 Å². The number of carbonyl (C=O) groups is 1. The van der Waals surface area contributed by atoms with Crippen LogP contribution < -0.4 is 15.4 Å². The van der Waals surface area contributed by atoms with E-state index in [1.807, 2.05) is 29.2 Å². The quantitative estimate of drug-likeness (QED) is 0.819. The van der Waals surface area contributed by atoms with Crippen molar-refractivity contribution in [2.75, 3.05) is 43.9 Å². The fraction of sp³-hybridized carbons (Fsp3) is 0.500. The summed E-state index contributed by atoms with van der Waals surface area (Å²) in [5.41, 5.74) is 7.54. The third-order valence-corrected chi connectivity index (χ3v) is 7.23. The molecular weight excluding hydrogens is 392 g/mol. The molecule has 3 aliphatic heterocycles. The topological polar surface area (TPSA) is 80.9 Å². The number of carbonyl (C=O) groups excluding carboxylic acids is 1. The molecule has 4 heterocycles. The lowest BCUT2D eigenvalue weighted by Crippen LogP contribution is -2.56. The Morgan fingerprint density at radius 2 is 1.90 bits per heavy atom. The van der Waals surface area contributed by atoms with Crippen molar-refractivity contribution in [3.05, 3.63) is 48.2 Å². The van der Waals surface area contributed by atoms with Crippen molar-refractivity contribution in [3.63, 3.8) is 0 Å². The van der Waals surface area contributed by atoms with Crippen LogP contribution in [0.15, 0.2) is 42.6 Å². The minimum absolute atomic E-state index is 0.112. The number of likely N-dealkylation sites (tertiary alicyclic amines) is 1. The largest absolute Gasteiger partial charge is 0.479 e. The molecule has 1 spiro atoms. The molecule has 2 fully saturated rings. The zero-order valence-corrected chi connectivity index (χ0v) is 18.0. The highest BCUT2D eigenvalue weighted by molar-refractivity contribution is 5.85. The number of nitrogens with zero attached hydrogens (tertiary/aromatic N) is 3. The highest BCUT2D eigenvalue weighted by Gasteiger charge is 2.54. The van der Waals surface area contributed by atoms with Gasteiger partial charge in [-0.3, -0.25) is 4.79 Å². The van der Waals surface area contributed by atoms with Crippen LogP contribution in [-0.2, 0) is 14.9 Å². The van der Waals surface area contributed by atoms with E-state index in [0.29, 0.717) is 5.69 Å². The molecule has 2 saturated heterocycles. The molecule has 1 aromatic carbocycles. The molecule has 2 aromatic rings. The van der Waals surface area contributed by atoms with Crippen LogP contribution in [0.25, 0.3) is 0 Å². The number of aromatic nitrogens is 1. The number of fused-ring (bicyclic) bond motifs is 2. The number of nitrogen functional groups attached to an aromatic ring is 1. The number of benzene rings is 1. The van der Waals surface area contributed by atoms with Gasteiger partial charge < -0.3 is 25.0 Å². The fourth-order valence-electron chi connectivity index (χ4n) is 5.40. The van der Waals surface area contributed by atoms with Crippen LogP contribution in [0.2, 0.25) is 0 Å². The van der Waals surface area contributed by atoms with E-state index in [2.05, 4.69) is 16.0 Å². The number of amides is 1. The van der Waals surface area contributed by atoms with Crippen LogP contribution in [0.4, 0.5) is 11.5 Å². The van der Waals surface area contributed by atoms with Gasteiger partial charge in [0, 0.05) is 62.2 Å². The van der Waals surface area contributed by atoms with Gasteiger partial charge in [0.2, 0.25) is 0 Å². The standard InChI is InChI=1S/C24H30N4O3/c1-30-18-7-12-28(13-8-18)23(29)22-24(19-4-2-3-5-20(19)31-22)9-14-27(15-10-24)21-16-17(25)6-11-26-21/h2-6,11,16,18,22H,7-10,12-15H2,1H3,(H2,25,26). The average molecular weight is 423 g/mol. The van der Waals surface area contributed by atoms with Crippen molar-refractivity contribution in [2.24, 2.45) is 0 Å². The van der Waals surface area contributed by atoms with Crippen LogP contribution >= 0.6 is 0 Å². The number of hydrogen-bond donors (Lipinski definition) is 1. The van der Waals surface area contributed by atoms with Gasteiger partial charge in [-0.15, -0.1) is 0 Å². The molecule has 164 valence electrons. The molecule has 7 nitrogen and oxygen atoms in total. The number of pyridine rings is 1. The number of methoxy groups -OCH3 is 1. The predicted octanol–water partition coefficient (Wildman–Crippen LogP) is 2.60. The van der Waals surface area contributed by atoms with Gasteiger partial charge in [-0.05, 0) is 37.8 Å². The van der Waals surface area contributed by atoms with Crippen molar-refractivity contribution in [1.82, 2.24) is 9.88 Å². The average Bonchev–Trinajstić information content (AvgIpc) is 3.13. The Morgan fingerprint density at radius 3 is 2.61 bits per heavy atom. The van der Waals surface area contributed by atoms with E-state index in [0.717, 1.165) is 63.4 Å². The fourth-order valence-corrected chi connectivity index (χ4v) is 5.40. The van der Waals surface area contributed by atoms with Gasteiger partial charge in [0.25, 0.3) is 5.91 Å². The smallest absolute Gasteiger partial charge is 0.264 e. The number of nitrogens with two attached hydrogens (primary N) is 1. The van der Waals surface area contributed by atoms with E-state index in [1.54, 1.807) is 19.4 Å². The summed E-state index contributed by atoms with van der Waals surface area (Å²) in [6.45, 7) is 3.07. The maximum absolute atomic E-state index is 13.7. The Hall–Kier alpha value is -2.80. The Balaban J connectivity index is 1.39. The van der Waals surface area contributed by atoms with Gasteiger partial charge >= 0.3 is 0 Å². The van der Waals surface area contributed by atoms with Crippen molar-refractivity contribution in [1.29, 1.82) is 0 Å². The maximum atomic E-state index is 13.7. The van der Waals surface area contributed by atoms with E-state index in [9.17, 15) is 4.79 Å². The first-order chi connectivity index (χ1) is 15.1. The van der Waals surface area contributed by atoms with Gasteiger partial charge in [0.1, 0.15) is 11.6 Å². The van der Waals surface area contributed by atoms with Crippen LogP contribution in [0.1, 0.15) is 31.2 Å². The van der Waals surface area contributed by atoms with Crippen LogP contribution in [0.3, 0.4) is 0 Å². The summed E-state index contributed by atoms with van der Waals surface area (Å²) in [6, 6.07) is 11.9. The van der Waals surface area contributed by atoms with Gasteiger partial charge in [-0.25, -0.2) is 4.98 Å². The Bertz CT molecular complexity index is 949.